The van der Waals surface area contributed by atoms with E-state index in [1.54, 1.807) is 0 Å². The van der Waals surface area contributed by atoms with Crippen molar-refractivity contribution in [2.75, 3.05) is 0 Å². The minimum atomic E-state index is -1.19. The van der Waals surface area contributed by atoms with Crippen LogP contribution in [0.3, 0.4) is 0 Å². The Balaban J connectivity index is 0. The molecule has 75 valence electrons. The molecule has 0 saturated heterocycles. The van der Waals surface area contributed by atoms with E-state index in [2.05, 4.69) is 16.6 Å². The number of carboxylic acids is 1. The summed E-state index contributed by atoms with van der Waals surface area (Å²) in [5, 5.41) is 7.89. The summed E-state index contributed by atoms with van der Waals surface area (Å²) < 4.78 is 4.35. The van der Waals surface area contributed by atoms with Gasteiger partial charge in [0, 0.05) is 5.57 Å². The van der Waals surface area contributed by atoms with Gasteiger partial charge in [-0.15, -0.1) is 0 Å². The maximum atomic E-state index is 10.0. The number of halogens is 1. The summed E-state index contributed by atoms with van der Waals surface area (Å²) in [6, 6.07) is 0. The fourth-order valence-electron chi connectivity index (χ4n) is 0.0602. The van der Waals surface area contributed by atoms with Gasteiger partial charge in [0.1, 0.15) is 0 Å². The monoisotopic (exact) mass is 379 g/mol. The molecule has 0 fully saturated rings. The summed E-state index contributed by atoms with van der Waals surface area (Å²) in [5.74, 6) is -1.36. The van der Waals surface area contributed by atoms with Gasteiger partial charge in [-0.1, -0.05) is 6.58 Å². The van der Waals surface area contributed by atoms with E-state index in [1.165, 1.54) is 6.92 Å². The molecule has 0 aromatic carbocycles. The molecule has 1 N–H and O–H groups in total. The van der Waals surface area contributed by atoms with Crippen LogP contribution in [-0.2, 0) is 30.4 Å². The standard InChI is InChI=1S/C4H6O2.C3H4O2.ClH.Re/c1-3(2)4(5)6;1-2-3(4)5;;/h1H2,2H3,(H,5,6);2H,1H2,(H,4,5);1H;/q;;;+2/p-2. The molecule has 0 radical (unpaired) electrons. The van der Waals surface area contributed by atoms with Crippen molar-refractivity contribution in [1.82, 2.24) is 0 Å². The van der Waals surface area contributed by atoms with E-state index in [9.17, 15) is 9.59 Å². The summed E-state index contributed by atoms with van der Waals surface area (Å²) in [7, 11) is 5.14. The third-order valence-corrected chi connectivity index (χ3v) is 1.87. The number of hydrogen-bond acceptors (Lipinski definition) is 3. The normalized spacial score (nSPS) is 7.54. The van der Waals surface area contributed by atoms with Gasteiger partial charge in [0.25, 0.3) is 0 Å². The Morgan fingerprint density at radius 2 is 2.00 bits per heavy atom. The molecule has 6 heteroatoms. The average Bonchev–Trinajstić information content (AvgIpc) is 2.05. The second-order valence-electron chi connectivity index (χ2n) is 1.74. The number of carbonyl (C=O) groups is 2. The molecule has 0 aliphatic carbocycles. The molecular formula is C7H9ClO4Re. The predicted octanol–water partition coefficient (Wildman–Crippen LogP) is 1.51. The molecule has 0 heterocycles. The van der Waals surface area contributed by atoms with Crippen LogP contribution in [0.5, 0.6) is 0 Å². The molecule has 0 aromatic heterocycles. The Hall–Kier alpha value is -0.628. The number of rotatable bonds is 3. The van der Waals surface area contributed by atoms with E-state index in [0.29, 0.717) is 0 Å². The van der Waals surface area contributed by atoms with Crippen molar-refractivity contribution < 1.29 is 35.5 Å². The van der Waals surface area contributed by atoms with Gasteiger partial charge in [-0.2, -0.15) is 0 Å². The first-order chi connectivity index (χ1) is 5.95. The molecule has 0 atom stereocenters. The fourth-order valence-corrected chi connectivity index (χ4v) is 0.964. The molecule has 0 unspecified atom stereocenters. The molecule has 0 rings (SSSR count). The zero-order valence-electron chi connectivity index (χ0n) is 6.92. The van der Waals surface area contributed by atoms with Crippen LogP contribution in [0.4, 0.5) is 0 Å². The first-order valence-corrected chi connectivity index (χ1v) is 7.41. The van der Waals surface area contributed by atoms with Gasteiger partial charge < -0.3 is 5.11 Å². The van der Waals surface area contributed by atoms with E-state index in [0.717, 1.165) is 6.08 Å². The van der Waals surface area contributed by atoms with Crippen molar-refractivity contribution in [3.63, 3.8) is 0 Å². The van der Waals surface area contributed by atoms with Crippen LogP contribution in [0.15, 0.2) is 24.8 Å². The zero-order valence-corrected chi connectivity index (χ0v) is 10.4. The van der Waals surface area contributed by atoms with E-state index in [4.69, 9.17) is 14.6 Å². The third kappa shape index (κ3) is 14.3. The Morgan fingerprint density at radius 1 is 1.62 bits per heavy atom. The molecule has 0 aliphatic rings. The molecule has 0 amide bonds. The summed E-state index contributed by atoms with van der Waals surface area (Å²) >= 11 is -1.19. The molecule has 0 aromatic rings. The molecule has 0 aliphatic heterocycles. The van der Waals surface area contributed by atoms with Crippen LogP contribution < -0.4 is 0 Å². The average molecular weight is 379 g/mol. The van der Waals surface area contributed by atoms with Crippen LogP contribution in [0.1, 0.15) is 6.92 Å². The number of aliphatic carboxylic acids is 1. The quantitative estimate of drug-likeness (QED) is 0.756. The Labute approximate surface area is 88.8 Å². The second-order valence-corrected chi connectivity index (χ2v) is 3.67. The van der Waals surface area contributed by atoms with Crippen LogP contribution in [-0.4, -0.2) is 17.0 Å². The maximum absolute atomic E-state index is 10.0. The Kier molecular flexibility index (Phi) is 10.8. The Morgan fingerprint density at radius 3 is 2.08 bits per heavy atom. The predicted molar refractivity (Wildman–Crippen MR) is 44.6 cm³/mol. The van der Waals surface area contributed by atoms with Crippen molar-refractivity contribution in [2.45, 2.75) is 6.92 Å². The van der Waals surface area contributed by atoms with Crippen molar-refractivity contribution >= 4 is 21.5 Å². The topological polar surface area (TPSA) is 63.6 Å². The van der Waals surface area contributed by atoms with Gasteiger partial charge in [0.2, 0.25) is 0 Å². The van der Waals surface area contributed by atoms with Crippen LogP contribution >= 0.6 is 9.53 Å². The first-order valence-electron chi connectivity index (χ1n) is 2.93. The first kappa shape index (κ1) is 14.9. The van der Waals surface area contributed by atoms with Gasteiger partial charge in [0.05, 0.1) is 0 Å². The fraction of sp³-hybridized carbons (Fsp3) is 0.143. The number of carbonyl (C=O) groups excluding carboxylic acids is 1. The van der Waals surface area contributed by atoms with Crippen molar-refractivity contribution in [2.24, 2.45) is 0 Å². The van der Waals surface area contributed by atoms with E-state index in [1.807, 2.05) is 0 Å². The number of carboxylic acid groups (broad SMARTS) is 1. The summed E-state index contributed by atoms with van der Waals surface area (Å²) in [5.41, 5.74) is 0.176. The van der Waals surface area contributed by atoms with Gasteiger partial charge in [-0.05, 0) is 6.92 Å². The van der Waals surface area contributed by atoms with Gasteiger partial charge in [-0.25, -0.2) is 4.79 Å². The van der Waals surface area contributed by atoms with Gasteiger partial charge in [0.15, 0.2) is 0 Å². The van der Waals surface area contributed by atoms with Crippen LogP contribution in [0.25, 0.3) is 0 Å². The molecular weight excluding hydrogens is 370 g/mol. The second kappa shape index (κ2) is 9.46. The van der Waals surface area contributed by atoms with E-state index in [-0.39, 0.29) is 5.57 Å². The van der Waals surface area contributed by atoms with Gasteiger partial charge >= 0.3 is 59.7 Å². The van der Waals surface area contributed by atoms with Crippen molar-refractivity contribution in [1.29, 1.82) is 0 Å². The number of hydrogen-bond donors (Lipinski definition) is 1. The summed E-state index contributed by atoms with van der Waals surface area (Å²) in [6.45, 7) is 7.77. The minimum absolute atomic E-state index is 0.176. The zero-order chi connectivity index (χ0) is 10.9. The Bertz CT molecular complexity index is 203. The van der Waals surface area contributed by atoms with Crippen molar-refractivity contribution in [3.05, 3.63) is 24.8 Å². The molecule has 13 heavy (non-hydrogen) atoms. The molecule has 0 bridgehead atoms. The van der Waals surface area contributed by atoms with E-state index < -0.39 is 29.3 Å². The SMILES string of the molecule is C=C(C)C(=O)O.C=CC(=O)[O][Re][Cl]. The molecule has 0 spiro atoms. The molecule has 4 nitrogen and oxygen atoms in total. The van der Waals surface area contributed by atoms with Crippen LogP contribution in [0, 0.1) is 0 Å². The van der Waals surface area contributed by atoms with E-state index >= 15 is 0 Å². The molecule has 0 saturated carbocycles. The summed E-state index contributed by atoms with van der Waals surface area (Å²) in [4.78, 5) is 19.6. The van der Waals surface area contributed by atoms with Crippen LogP contribution in [0.2, 0.25) is 0 Å². The van der Waals surface area contributed by atoms with Gasteiger partial charge in [-0.3, -0.25) is 0 Å². The third-order valence-electron chi connectivity index (χ3n) is 0.637. The van der Waals surface area contributed by atoms with Crippen molar-refractivity contribution in [3.8, 4) is 0 Å². The summed E-state index contributed by atoms with van der Waals surface area (Å²) in [6.07, 6.45) is 1.10.